The van der Waals surface area contributed by atoms with E-state index in [0.29, 0.717) is 0 Å². The number of anilines is 2. The minimum atomic E-state index is -2.65. The highest BCUT2D eigenvalue weighted by Crippen LogP contribution is 2.31. The summed E-state index contributed by atoms with van der Waals surface area (Å²) in [5.74, 6) is 0.115. The highest BCUT2D eigenvalue weighted by atomic mass is 79.9. The molecule has 3 nitrogen and oxygen atoms in total. The third-order valence-electron chi connectivity index (χ3n) is 1.28. The van der Waals surface area contributed by atoms with Crippen LogP contribution in [-0.4, -0.2) is 4.98 Å². The van der Waals surface area contributed by atoms with Gasteiger partial charge in [0.2, 0.25) is 0 Å². The Kier molecular flexibility index (Phi) is 2.46. The van der Waals surface area contributed by atoms with Crippen molar-refractivity contribution in [3.8, 4) is 0 Å². The summed E-state index contributed by atoms with van der Waals surface area (Å²) >= 11 is 2.85. The maximum absolute atomic E-state index is 12.2. The summed E-state index contributed by atoms with van der Waals surface area (Å²) in [6.45, 7) is 0. The summed E-state index contributed by atoms with van der Waals surface area (Å²) in [6.07, 6.45) is -2.65. The van der Waals surface area contributed by atoms with E-state index < -0.39 is 6.43 Å². The number of hydrogen-bond donors (Lipinski definition) is 2. The van der Waals surface area contributed by atoms with Crippen LogP contribution in [0.25, 0.3) is 0 Å². The van der Waals surface area contributed by atoms with Gasteiger partial charge < -0.3 is 11.5 Å². The van der Waals surface area contributed by atoms with E-state index in [4.69, 9.17) is 11.5 Å². The lowest BCUT2D eigenvalue weighted by molar-refractivity contribution is 0.151. The maximum atomic E-state index is 12.2. The van der Waals surface area contributed by atoms with Gasteiger partial charge in [0.15, 0.2) is 0 Å². The summed E-state index contributed by atoms with van der Waals surface area (Å²) in [5.41, 5.74) is 10.2. The van der Waals surface area contributed by atoms with Crippen LogP contribution >= 0.6 is 15.9 Å². The summed E-state index contributed by atoms with van der Waals surface area (Å²) in [7, 11) is 0. The van der Waals surface area contributed by atoms with Crippen molar-refractivity contribution in [3.05, 3.63) is 16.2 Å². The highest BCUT2D eigenvalue weighted by Gasteiger charge is 2.16. The molecule has 1 aromatic rings. The zero-order valence-electron chi connectivity index (χ0n) is 5.89. The van der Waals surface area contributed by atoms with Gasteiger partial charge in [-0.1, -0.05) is 0 Å². The third-order valence-corrected chi connectivity index (χ3v) is 1.89. The molecule has 0 bridgehead atoms. The van der Waals surface area contributed by atoms with Crippen molar-refractivity contribution >= 4 is 27.4 Å². The topological polar surface area (TPSA) is 64.9 Å². The second-order valence-corrected chi connectivity index (χ2v) is 2.89. The molecule has 6 heteroatoms. The standard InChI is InChI=1S/C6H6BrF2N3/c7-5-4(6(8)9)2(10)1-3(11)12-5/h1,6H,(H4,10,11,12). The fourth-order valence-electron chi connectivity index (χ4n) is 0.778. The third kappa shape index (κ3) is 1.63. The Bertz CT molecular complexity index is 280. The first-order valence-corrected chi connectivity index (χ1v) is 3.81. The van der Waals surface area contributed by atoms with E-state index in [1.165, 1.54) is 6.07 Å². The van der Waals surface area contributed by atoms with Crippen molar-refractivity contribution in [2.45, 2.75) is 6.43 Å². The summed E-state index contributed by atoms with van der Waals surface area (Å²) in [6, 6.07) is 1.20. The molecule has 0 amide bonds. The highest BCUT2D eigenvalue weighted by molar-refractivity contribution is 9.10. The van der Waals surface area contributed by atoms with Crippen molar-refractivity contribution in [1.29, 1.82) is 0 Å². The molecule has 0 radical (unpaired) electrons. The van der Waals surface area contributed by atoms with Gasteiger partial charge in [-0.2, -0.15) is 0 Å². The lowest BCUT2D eigenvalue weighted by atomic mass is 10.2. The van der Waals surface area contributed by atoms with Crippen molar-refractivity contribution in [1.82, 2.24) is 4.98 Å². The number of hydrogen-bond acceptors (Lipinski definition) is 3. The van der Waals surface area contributed by atoms with Gasteiger partial charge in [0.05, 0.1) is 5.56 Å². The molecule has 0 aliphatic heterocycles. The second-order valence-electron chi connectivity index (χ2n) is 2.14. The monoisotopic (exact) mass is 237 g/mol. The van der Waals surface area contributed by atoms with Crippen LogP contribution < -0.4 is 11.5 Å². The Morgan fingerprint density at radius 1 is 1.42 bits per heavy atom. The van der Waals surface area contributed by atoms with E-state index in [1.807, 2.05) is 0 Å². The fraction of sp³-hybridized carbons (Fsp3) is 0.167. The predicted octanol–water partition coefficient (Wildman–Crippen LogP) is 1.95. The molecule has 66 valence electrons. The molecule has 0 saturated carbocycles. The van der Waals surface area contributed by atoms with Crippen LogP contribution in [0.15, 0.2) is 10.7 Å². The van der Waals surface area contributed by atoms with E-state index in [9.17, 15) is 8.78 Å². The van der Waals surface area contributed by atoms with Gasteiger partial charge >= 0.3 is 0 Å². The Morgan fingerprint density at radius 2 is 2.00 bits per heavy atom. The molecule has 0 atom stereocenters. The number of halogens is 3. The Hall–Kier alpha value is -0.910. The van der Waals surface area contributed by atoms with Crippen LogP contribution in [0, 0.1) is 0 Å². The maximum Gasteiger partial charge on any atom is 0.268 e. The molecule has 1 rings (SSSR count). The van der Waals surface area contributed by atoms with Gasteiger partial charge in [-0.25, -0.2) is 13.8 Å². The van der Waals surface area contributed by atoms with Gasteiger partial charge in [0.1, 0.15) is 10.4 Å². The van der Waals surface area contributed by atoms with Gasteiger partial charge in [-0.15, -0.1) is 0 Å². The van der Waals surface area contributed by atoms with Crippen molar-refractivity contribution in [2.75, 3.05) is 11.5 Å². The Balaban J connectivity index is 3.28. The Labute approximate surface area is 75.9 Å². The largest absolute Gasteiger partial charge is 0.398 e. The molecule has 0 aromatic carbocycles. The zero-order chi connectivity index (χ0) is 9.30. The number of nitrogens with two attached hydrogens (primary N) is 2. The molecule has 0 aliphatic carbocycles. The number of nitrogens with zero attached hydrogens (tertiary/aromatic N) is 1. The van der Waals surface area contributed by atoms with Crippen LogP contribution in [0.1, 0.15) is 12.0 Å². The van der Waals surface area contributed by atoms with Gasteiger partial charge in [0, 0.05) is 11.8 Å². The SMILES string of the molecule is Nc1cc(N)c(C(F)F)c(Br)n1. The molecule has 0 aliphatic rings. The minimum Gasteiger partial charge on any atom is -0.398 e. The predicted molar refractivity (Wildman–Crippen MR) is 45.7 cm³/mol. The summed E-state index contributed by atoms with van der Waals surface area (Å²) in [5, 5.41) is 0. The molecule has 4 N–H and O–H groups in total. The first-order valence-electron chi connectivity index (χ1n) is 3.02. The van der Waals surface area contributed by atoms with E-state index in [0.717, 1.165) is 0 Å². The van der Waals surface area contributed by atoms with Crippen LogP contribution in [0.4, 0.5) is 20.3 Å². The van der Waals surface area contributed by atoms with E-state index in [2.05, 4.69) is 20.9 Å². The number of rotatable bonds is 1. The smallest absolute Gasteiger partial charge is 0.268 e. The van der Waals surface area contributed by atoms with Crippen LogP contribution in [-0.2, 0) is 0 Å². The normalized spacial score (nSPS) is 10.7. The molecule has 12 heavy (non-hydrogen) atoms. The van der Waals surface area contributed by atoms with Crippen molar-refractivity contribution in [3.63, 3.8) is 0 Å². The van der Waals surface area contributed by atoms with E-state index in [1.54, 1.807) is 0 Å². The lowest BCUT2D eigenvalue weighted by Gasteiger charge is -2.06. The molecular formula is C6H6BrF2N3. The molecule has 0 spiro atoms. The average Bonchev–Trinajstić information content (AvgIpc) is 1.82. The van der Waals surface area contributed by atoms with Crippen LogP contribution in [0.2, 0.25) is 0 Å². The summed E-state index contributed by atoms with van der Waals surface area (Å²) in [4.78, 5) is 3.59. The van der Waals surface area contributed by atoms with Crippen LogP contribution in [0.5, 0.6) is 0 Å². The number of nitrogen functional groups attached to an aromatic ring is 2. The number of pyridine rings is 1. The quantitative estimate of drug-likeness (QED) is 0.735. The van der Waals surface area contributed by atoms with Gasteiger partial charge in [-0.05, 0) is 15.9 Å². The van der Waals surface area contributed by atoms with Crippen LogP contribution in [0.3, 0.4) is 0 Å². The first-order chi connectivity index (χ1) is 5.52. The first kappa shape index (κ1) is 9.18. The van der Waals surface area contributed by atoms with E-state index in [-0.39, 0.29) is 21.7 Å². The lowest BCUT2D eigenvalue weighted by Crippen LogP contribution is -2.01. The molecule has 1 aromatic heterocycles. The molecule has 0 unspecified atom stereocenters. The fourth-order valence-corrected chi connectivity index (χ4v) is 1.38. The number of aromatic nitrogens is 1. The van der Waals surface area contributed by atoms with Gasteiger partial charge in [-0.3, -0.25) is 0 Å². The zero-order valence-corrected chi connectivity index (χ0v) is 7.48. The minimum absolute atomic E-state index is 0.00463. The van der Waals surface area contributed by atoms with Crippen molar-refractivity contribution < 1.29 is 8.78 Å². The molecule has 0 fully saturated rings. The molecular weight excluding hydrogens is 232 g/mol. The van der Waals surface area contributed by atoms with Crippen molar-refractivity contribution in [2.24, 2.45) is 0 Å². The number of alkyl halides is 2. The molecule has 1 heterocycles. The molecule has 0 saturated heterocycles. The van der Waals surface area contributed by atoms with E-state index >= 15 is 0 Å². The second kappa shape index (κ2) is 3.22. The summed E-state index contributed by atoms with van der Waals surface area (Å²) < 4.78 is 24.5. The van der Waals surface area contributed by atoms with Gasteiger partial charge in [0.25, 0.3) is 6.43 Å². The Morgan fingerprint density at radius 3 is 2.42 bits per heavy atom. The average molecular weight is 238 g/mol.